The molecule has 12 nitrogen and oxygen atoms in total. The minimum absolute atomic E-state index is 0.0176. The zero-order valence-corrected chi connectivity index (χ0v) is 32.2. The molecule has 3 aromatic rings. The largest absolute Gasteiger partial charge is 0.469 e. The lowest BCUT2D eigenvalue weighted by Crippen LogP contribution is -2.57. The van der Waals surface area contributed by atoms with Crippen molar-refractivity contribution in [1.29, 1.82) is 0 Å². The standard InChI is InChI=1S/C40H53F2N7O5/c1-38(2,3)54-37(51)46-39(4)15-9-19-48(24-39)35-29-22-43-32(28-13-6-11-26-12-7-17-47(34(26)28)18-8-14-30(50)52-5)31(42)33(29)44-36(45-35)53-25-40-16-10-20-49(40)23-27(41)21-40/h6,11,13,22,27H,7-10,12,14-21,23-25H2,1-5H3,(H,46,51)/t27-,39-,40+/m1/s1. The summed E-state index contributed by atoms with van der Waals surface area (Å²) in [7, 11) is 1.39. The van der Waals surface area contributed by atoms with Gasteiger partial charge in [0.2, 0.25) is 0 Å². The van der Waals surface area contributed by atoms with Gasteiger partial charge in [-0.05, 0) is 84.7 Å². The third-order valence-corrected chi connectivity index (χ3v) is 11.3. The Balaban J connectivity index is 1.26. The number of methoxy groups -OCH3 is 1. The van der Waals surface area contributed by atoms with Gasteiger partial charge in [-0.3, -0.25) is 14.7 Å². The average molecular weight is 750 g/mol. The summed E-state index contributed by atoms with van der Waals surface area (Å²) in [5.74, 6) is -0.393. The first-order valence-electron chi connectivity index (χ1n) is 19.3. The molecule has 54 heavy (non-hydrogen) atoms. The first-order chi connectivity index (χ1) is 25.8. The molecule has 7 rings (SSSR count). The number of benzene rings is 1. The molecule has 0 unspecified atom stereocenters. The van der Waals surface area contributed by atoms with Crippen LogP contribution in [0, 0.1) is 5.82 Å². The van der Waals surface area contributed by atoms with Crippen molar-refractivity contribution in [3.8, 4) is 17.3 Å². The number of piperidine rings is 1. The summed E-state index contributed by atoms with van der Waals surface area (Å²) in [5, 5.41) is 3.49. The van der Waals surface area contributed by atoms with Crippen LogP contribution in [0.15, 0.2) is 24.4 Å². The number of fused-ring (bicyclic) bond motifs is 3. The number of alkyl carbamates (subject to hydrolysis) is 1. The summed E-state index contributed by atoms with van der Waals surface area (Å²) in [6, 6.07) is 5.89. The number of aromatic nitrogens is 3. The van der Waals surface area contributed by atoms with E-state index in [4.69, 9.17) is 29.2 Å². The van der Waals surface area contributed by atoms with Gasteiger partial charge in [0.15, 0.2) is 5.82 Å². The Morgan fingerprint density at radius 3 is 2.70 bits per heavy atom. The number of rotatable bonds is 10. The van der Waals surface area contributed by atoms with E-state index in [-0.39, 0.29) is 29.8 Å². The van der Waals surface area contributed by atoms with E-state index in [1.807, 2.05) is 44.7 Å². The monoisotopic (exact) mass is 749 g/mol. The molecule has 3 atom stereocenters. The van der Waals surface area contributed by atoms with E-state index in [2.05, 4.69) is 21.2 Å². The zero-order valence-electron chi connectivity index (χ0n) is 32.2. The number of carbonyl (C=O) groups is 2. The Hall–Kier alpha value is -4.33. The number of halogens is 2. The number of anilines is 2. The number of alkyl halides is 1. The number of amides is 1. The molecule has 292 valence electrons. The fourth-order valence-electron chi connectivity index (χ4n) is 8.90. The van der Waals surface area contributed by atoms with Crippen LogP contribution in [0.2, 0.25) is 0 Å². The molecule has 0 spiro atoms. The van der Waals surface area contributed by atoms with E-state index >= 15 is 4.39 Å². The van der Waals surface area contributed by atoms with Gasteiger partial charge in [-0.1, -0.05) is 18.2 Å². The average Bonchev–Trinajstić information content (AvgIpc) is 3.65. The number of hydrogen-bond donors (Lipinski definition) is 1. The van der Waals surface area contributed by atoms with E-state index in [0.717, 1.165) is 56.4 Å². The summed E-state index contributed by atoms with van der Waals surface area (Å²) < 4.78 is 48.7. The van der Waals surface area contributed by atoms with Crippen LogP contribution >= 0.6 is 0 Å². The fourth-order valence-corrected chi connectivity index (χ4v) is 8.90. The zero-order chi connectivity index (χ0) is 38.3. The molecule has 0 bridgehead atoms. The summed E-state index contributed by atoms with van der Waals surface area (Å²) in [4.78, 5) is 45.5. The molecular formula is C40H53F2N7O5. The molecular weight excluding hydrogens is 696 g/mol. The number of pyridine rings is 1. The van der Waals surface area contributed by atoms with Crippen LogP contribution in [-0.2, 0) is 20.7 Å². The van der Waals surface area contributed by atoms with Gasteiger partial charge in [0.25, 0.3) is 0 Å². The molecule has 14 heteroatoms. The molecule has 4 aliphatic rings. The van der Waals surface area contributed by atoms with Crippen molar-refractivity contribution in [2.75, 3.05) is 62.8 Å². The highest BCUT2D eigenvalue weighted by molar-refractivity contribution is 5.93. The highest BCUT2D eigenvalue weighted by Crippen LogP contribution is 2.42. The number of para-hydroxylation sites is 1. The Labute approximate surface area is 315 Å². The summed E-state index contributed by atoms with van der Waals surface area (Å²) >= 11 is 0. The lowest BCUT2D eigenvalue weighted by molar-refractivity contribution is -0.140. The Morgan fingerprint density at radius 1 is 1.09 bits per heavy atom. The van der Waals surface area contributed by atoms with Crippen LogP contribution in [0.25, 0.3) is 22.2 Å². The van der Waals surface area contributed by atoms with Crippen LogP contribution in [0.4, 0.5) is 25.1 Å². The summed E-state index contributed by atoms with van der Waals surface area (Å²) in [6.07, 6.45) is 6.49. The van der Waals surface area contributed by atoms with Crippen molar-refractivity contribution in [3.05, 3.63) is 35.8 Å². The number of nitrogens with one attached hydrogen (secondary N) is 1. The van der Waals surface area contributed by atoms with Crippen LogP contribution in [-0.4, -0.2) is 108 Å². The number of aryl methyl sites for hydroxylation is 1. The number of esters is 1. The van der Waals surface area contributed by atoms with Crippen molar-refractivity contribution in [2.24, 2.45) is 0 Å². The number of carbonyl (C=O) groups excluding carboxylic acids is 2. The predicted molar refractivity (Wildman–Crippen MR) is 202 cm³/mol. The Kier molecular flexibility index (Phi) is 10.6. The second-order valence-electron chi connectivity index (χ2n) is 16.7. The van der Waals surface area contributed by atoms with E-state index < -0.39 is 34.8 Å². The highest BCUT2D eigenvalue weighted by atomic mass is 19.1. The van der Waals surface area contributed by atoms with E-state index in [1.165, 1.54) is 7.11 Å². The van der Waals surface area contributed by atoms with E-state index in [1.54, 1.807) is 6.20 Å². The van der Waals surface area contributed by atoms with Gasteiger partial charge in [-0.15, -0.1) is 0 Å². The normalized spacial score (nSPS) is 24.3. The van der Waals surface area contributed by atoms with Gasteiger partial charge in [-0.2, -0.15) is 9.97 Å². The smallest absolute Gasteiger partial charge is 0.408 e. The molecule has 3 saturated heterocycles. The molecule has 6 heterocycles. The van der Waals surface area contributed by atoms with E-state index in [0.29, 0.717) is 68.6 Å². The van der Waals surface area contributed by atoms with Gasteiger partial charge in [0, 0.05) is 63.0 Å². The minimum Gasteiger partial charge on any atom is -0.469 e. The van der Waals surface area contributed by atoms with Crippen LogP contribution < -0.4 is 19.9 Å². The topological polar surface area (TPSA) is 122 Å². The molecule has 0 aliphatic carbocycles. The van der Waals surface area contributed by atoms with Crippen molar-refractivity contribution >= 4 is 34.5 Å². The number of ether oxygens (including phenoxy) is 3. The molecule has 1 N–H and O–H groups in total. The van der Waals surface area contributed by atoms with Crippen LogP contribution in [0.1, 0.15) is 84.6 Å². The van der Waals surface area contributed by atoms with Crippen molar-refractivity contribution in [2.45, 2.75) is 108 Å². The van der Waals surface area contributed by atoms with Gasteiger partial charge in [-0.25, -0.2) is 13.6 Å². The SMILES string of the molecule is COC(=O)CCCN1CCCc2cccc(-c3ncc4c(N5CCC[C@@](C)(NC(=O)OC(C)(C)C)C5)nc(OC[C@@]56CCCN5C[C@H](F)C6)nc4c3F)c21. The van der Waals surface area contributed by atoms with Crippen molar-refractivity contribution in [3.63, 3.8) is 0 Å². The Bertz CT molecular complexity index is 1890. The van der Waals surface area contributed by atoms with Gasteiger partial charge in [0.1, 0.15) is 35.4 Å². The molecule has 1 aromatic carbocycles. The number of hydrogen-bond acceptors (Lipinski definition) is 11. The van der Waals surface area contributed by atoms with Crippen LogP contribution in [0.5, 0.6) is 6.01 Å². The molecule has 0 radical (unpaired) electrons. The Morgan fingerprint density at radius 2 is 1.91 bits per heavy atom. The van der Waals surface area contributed by atoms with Gasteiger partial charge < -0.3 is 29.3 Å². The van der Waals surface area contributed by atoms with E-state index in [9.17, 15) is 14.0 Å². The third kappa shape index (κ3) is 7.90. The third-order valence-electron chi connectivity index (χ3n) is 11.3. The van der Waals surface area contributed by atoms with Crippen molar-refractivity contribution < 1.29 is 32.6 Å². The van der Waals surface area contributed by atoms with Gasteiger partial charge >= 0.3 is 18.1 Å². The highest BCUT2D eigenvalue weighted by Gasteiger charge is 2.49. The maximum atomic E-state index is 17.2. The lowest BCUT2D eigenvalue weighted by Gasteiger charge is -2.42. The first-order valence-corrected chi connectivity index (χ1v) is 19.3. The second kappa shape index (κ2) is 15.1. The molecule has 0 saturated carbocycles. The summed E-state index contributed by atoms with van der Waals surface area (Å²) in [6.45, 7) is 11.2. The van der Waals surface area contributed by atoms with Crippen molar-refractivity contribution in [1.82, 2.24) is 25.2 Å². The minimum atomic E-state index is -0.923. The summed E-state index contributed by atoms with van der Waals surface area (Å²) in [5.41, 5.74) is 1.15. The maximum Gasteiger partial charge on any atom is 0.408 e. The predicted octanol–water partition coefficient (Wildman–Crippen LogP) is 6.38. The maximum absolute atomic E-state index is 17.2. The molecule has 4 aliphatic heterocycles. The molecule has 3 fully saturated rings. The van der Waals surface area contributed by atoms with Crippen LogP contribution in [0.3, 0.4) is 0 Å². The number of nitrogens with zero attached hydrogens (tertiary/aromatic N) is 6. The van der Waals surface area contributed by atoms with Gasteiger partial charge in [0.05, 0.1) is 23.6 Å². The lowest BCUT2D eigenvalue weighted by atomic mass is 9.91. The molecule has 1 amide bonds. The fraction of sp³-hybridized carbons (Fsp3) is 0.625. The quantitative estimate of drug-likeness (QED) is 0.233. The second-order valence-corrected chi connectivity index (χ2v) is 16.7. The first kappa shape index (κ1) is 38.0. The molecule has 2 aromatic heterocycles.